The summed E-state index contributed by atoms with van der Waals surface area (Å²) in [6.45, 7) is 22.7. The number of pyridine rings is 3. The van der Waals surface area contributed by atoms with Gasteiger partial charge < -0.3 is 14.0 Å². The maximum absolute atomic E-state index is 6.68. The standard InChI is InChI=1S/C41H39N4O.C20H28NSi.Ir/c1-25-23-36-37(26(2)42-25)44-39(45(36)35-22-19-29(41(3,4)5)24-33(35)27-13-8-6-9-14-27)32-18-12-17-30-31-20-21-34(28-15-10-7-11-16-28)43-40(31)46-38(30)32;1-6-16(7-2)13-18-14-19(17-11-9-8-10-12-17)21-15-20(18)22(3,4)5;/h6,8-9,12-14,17,19-24,28H,7,10-11,15-16H2,1-5H3;8-11,14-16H,6-7,13H2,1-5H3;/q2*-1;. The average Bonchev–Trinajstić information content (AvgIpc) is 3.92. The number of nitrogens with zero attached hydrogens (tertiary/aromatic N) is 5. The molecule has 6 nitrogen and oxygen atoms in total. The molecule has 0 atom stereocenters. The Morgan fingerprint density at radius 3 is 2.23 bits per heavy atom. The van der Waals surface area contributed by atoms with Crippen LogP contribution in [-0.4, -0.2) is 32.6 Å². The molecule has 10 rings (SSSR count). The Morgan fingerprint density at radius 2 is 1.54 bits per heavy atom. The van der Waals surface area contributed by atoms with E-state index >= 15 is 0 Å². The summed E-state index contributed by atoms with van der Waals surface area (Å²) < 4.78 is 8.96. The molecule has 0 bridgehead atoms. The van der Waals surface area contributed by atoms with E-state index in [4.69, 9.17) is 24.4 Å². The second kappa shape index (κ2) is 20.8. The van der Waals surface area contributed by atoms with Crippen molar-refractivity contribution in [3.63, 3.8) is 0 Å². The fourth-order valence-corrected chi connectivity index (χ4v) is 11.8. The Morgan fingerprint density at radius 1 is 0.783 bits per heavy atom. The molecule has 0 N–H and O–H groups in total. The van der Waals surface area contributed by atoms with E-state index in [1.165, 1.54) is 67.7 Å². The van der Waals surface area contributed by atoms with Gasteiger partial charge in [-0.3, -0.25) is 9.97 Å². The molecule has 0 spiro atoms. The van der Waals surface area contributed by atoms with Gasteiger partial charge in [0.1, 0.15) is 0 Å². The van der Waals surface area contributed by atoms with Crippen LogP contribution in [0.1, 0.15) is 114 Å². The zero-order valence-electron chi connectivity index (χ0n) is 42.3. The van der Waals surface area contributed by atoms with Crippen molar-refractivity contribution >= 4 is 46.4 Å². The number of imidazole rings is 1. The Bertz CT molecular complexity index is 3210. The molecule has 0 amide bonds. The van der Waals surface area contributed by atoms with Crippen LogP contribution in [0.5, 0.6) is 0 Å². The van der Waals surface area contributed by atoms with E-state index in [0.717, 1.165) is 89.8 Å². The minimum absolute atomic E-state index is 0. The first-order valence-electron chi connectivity index (χ1n) is 25.0. The molecule has 0 aliphatic heterocycles. The summed E-state index contributed by atoms with van der Waals surface area (Å²) in [5.41, 5.74) is 15.5. The zero-order valence-corrected chi connectivity index (χ0v) is 45.7. The molecule has 357 valence electrons. The minimum Gasteiger partial charge on any atom is -0.486 e. The third-order valence-corrected chi connectivity index (χ3v) is 16.2. The van der Waals surface area contributed by atoms with Crippen LogP contribution in [0.3, 0.4) is 0 Å². The van der Waals surface area contributed by atoms with Crippen LogP contribution in [0.25, 0.3) is 72.6 Å². The Hall–Kier alpha value is -5.53. The van der Waals surface area contributed by atoms with Crippen LogP contribution in [0.4, 0.5) is 0 Å². The topological polar surface area (TPSA) is 69.6 Å². The van der Waals surface area contributed by atoms with Crippen molar-refractivity contribution in [3.8, 4) is 39.5 Å². The number of furan rings is 1. The molecule has 1 radical (unpaired) electrons. The van der Waals surface area contributed by atoms with E-state index in [9.17, 15) is 0 Å². The van der Waals surface area contributed by atoms with Crippen LogP contribution in [0.15, 0.2) is 120 Å². The molecule has 4 aromatic carbocycles. The molecule has 1 saturated carbocycles. The van der Waals surface area contributed by atoms with Gasteiger partial charge in [0.05, 0.1) is 36.2 Å². The van der Waals surface area contributed by atoms with Gasteiger partial charge >= 0.3 is 0 Å². The van der Waals surface area contributed by atoms with Gasteiger partial charge in [-0.1, -0.05) is 145 Å². The van der Waals surface area contributed by atoms with Gasteiger partial charge in [-0.05, 0) is 96.8 Å². The molecule has 1 fully saturated rings. The van der Waals surface area contributed by atoms with Crippen molar-refractivity contribution in [2.24, 2.45) is 5.92 Å². The largest absolute Gasteiger partial charge is 0.486 e. The van der Waals surface area contributed by atoms with E-state index in [0.29, 0.717) is 11.6 Å². The van der Waals surface area contributed by atoms with Gasteiger partial charge in [0.15, 0.2) is 0 Å². The predicted octanol–water partition coefficient (Wildman–Crippen LogP) is 15.9. The number of fused-ring (bicyclic) bond motifs is 4. The Kier molecular flexibility index (Phi) is 15.0. The second-order valence-electron chi connectivity index (χ2n) is 21.1. The summed E-state index contributed by atoms with van der Waals surface area (Å²) in [6.07, 6.45) is 12.1. The minimum atomic E-state index is -1.37. The molecule has 8 heteroatoms. The van der Waals surface area contributed by atoms with Gasteiger partial charge in [-0.15, -0.1) is 54.1 Å². The summed E-state index contributed by atoms with van der Waals surface area (Å²) in [5, 5.41) is 3.57. The fraction of sp³-hybridized carbons (Fsp3) is 0.344. The first kappa shape index (κ1) is 49.9. The predicted molar refractivity (Wildman–Crippen MR) is 287 cm³/mol. The number of aromatic nitrogens is 5. The van der Waals surface area contributed by atoms with Gasteiger partial charge in [-0.25, -0.2) is 4.98 Å². The molecule has 0 saturated heterocycles. The second-order valence-corrected chi connectivity index (χ2v) is 26.1. The van der Waals surface area contributed by atoms with Gasteiger partial charge in [-0.2, -0.15) is 0 Å². The number of hydrogen-bond donors (Lipinski definition) is 0. The van der Waals surface area contributed by atoms with E-state index in [1.807, 2.05) is 32.0 Å². The first-order chi connectivity index (χ1) is 32.7. The summed E-state index contributed by atoms with van der Waals surface area (Å²) >= 11 is 0. The Labute approximate surface area is 424 Å². The molecule has 69 heavy (non-hydrogen) atoms. The number of rotatable bonds is 10. The van der Waals surface area contributed by atoms with E-state index in [2.05, 4.69) is 168 Å². The average molecular weight is 1110 g/mol. The molecular weight excluding hydrogens is 1040 g/mol. The summed E-state index contributed by atoms with van der Waals surface area (Å²) in [6, 6.07) is 45.4. The van der Waals surface area contributed by atoms with Crippen LogP contribution in [0, 0.1) is 31.9 Å². The number of benzene rings is 4. The SMILES string of the molecule is CCC(CC)Cc1cc(-c2[c-]cccc2)ncc1[Si](C)(C)C.Cc1cc2c(nc(-c3[c-]ccc4c3oc3nc(C5CCCCC5)ccc34)n2-c2ccc(C(C)(C)C)cc2-c2ccccc2)c(C)n1.[Ir]. The summed E-state index contributed by atoms with van der Waals surface area (Å²) in [7, 11) is -1.37. The van der Waals surface area contributed by atoms with E-state index < -0.39 is 8.07 Å². The number of aryl methyl sites for hydroxylation is 2. The normalized spacial score (nSPS) is 13.5. The van der Waals surface area contributed by atoms with Gasteiger partial charge in [0.2, 0.25) is 5.71 Å². The molecule has 1 aliphatic carbocycles. The van der Waals surface area contributed by atoms with Crippen LogP contribution >= 0.6 is 0 Å². The summed E-state index contributed by atoms with van der Waals surface area (Å²) in [5.74, 6) is 2.06. The quantitative estimate of drug-likeness (QED) is 0.101. The van der Waals surface area contributed by atoms with E-state index in [-0.39, 0.29) is 25.5 Å². The number of hydrogen-bond acceptors (Lipinski definition) is 5. The van der Waals surface area contributed by atoms with Gasteiger partial charge in [0, 0.05) is 60.2 Å². The summed E-state index contributed by atoms with van der Waals surface area (Å²) in [4.78, 5) is 19.9. The van der Waals surface area contributed by atoms with Crippen LogP contribution in [-0.2, 0) is 31.9 Å². The van der Waals surface area contributed by atoms with Crippen LogP contribution < -0.4 is 5.19 Å². The van der Waals surface area contributed by atoms with Crippen molar-refractivity contribution in [1.29, 1.82) is 0 Å². The monoisotopic (exact) mass is 1110 g/mol. The van der Waals surface area contributed by atoms with Crippen molar-refractivity contribution in [1.82, 2.24) is 24.5 Å². The van der Waals surface area contributed by atoms with E-state index in [1.54, 1.807) is 0 Å². The Balaban J connectivity index is 0.000000236. The van der Waals surface area contributed by atoms with Gasteiger partial charge in [0.25, 0.3) is 0 Å². The maximum Gasteiger partial charge on any atom is 0.216 e. The molecule has 0 unspecified atom stereocenters. The smallest absolute Gasteiger partial charge is 0.216 e. The van der Waals surface area contributed by atoms with Crippen molar-refractivity contribution < 1.29 is 24.5 Å². The van der Waals surface area contributed by atoms with Crippen molar-refractivity contribution in [2.45, 2.75) is 131 Å². The molecular formula is C61H67IrN5OSi-2. The molecule has 5 aromatic heterocycles. The molecule has 5 heterocycles. The molecule has 1 aliphatic rings. The fourth-order valence-electron chi connectivity index (χ4n) is 10.2. The van der Waals surface area contributed by atoms with Crippen LogP contribution in [0.2, 0.25) is 19.6 Å². The third kappa shape index (κ3) is 10.5. The molecule has 9 aromatic rings. The first-order valence-corrected chi connectivity index (χ1v) is 28.5. The zero-order chi connectivity index (χ0) is 47.7. The van der Waals surface area contributed by atoms with Crippen molar-refractivity contribution in [2.75, 3.05) is 0 Å². The maximum atomic E-state index is 6.68. The third-order valence-electron chi connectivity index (χ3n) is 14.1. The van der Waals surface area contributed by atoms with Crippen molar-refractivity contribution in [3.05, 3.63) is 156 Å².